The molecule has 0 radical (unpaired) electrons. The van der Waals surface area contributed by atoms with E-state index in [0.29, 0.717) is 43.7 Å². The van der Waals surface area contributed by atoms with Crippen LogP contribution in [0.3, 0.4) is 0 Å². The van der Waals surface area contributed by atoms with Gasteiger partial charge >= 0.3 is 5.97 Å². The molecule has 1 heterocycles. The van der Waals surface area contributed by atoms with E-state index in [0.717, 1.165) is 35.1 Å². The lowest BCUT2D eigenvalue weighted by atomic mass is 9.72. The third-order valence-electron chi connectivity index (χ3n) is 8.46. The lowest BCUT2D eigenvalue weighted by molar-refractivity contribution is -0.149. The number of benzene rings is 2. The van der Waals surface area contributed by atoms with Crippen molar-refractivity contribution < 1.29 is 28.6 Å². The molecular weight excluding hydrogens is 487 g/mol. The maximum Gasteiger partial charge on any atom is 0.303 e. The van der Waals surface area contributed by atoms with Crippen LogP contribution in [-0.2, 0) is 44.0 Å². The second-order valence-corrected chi connectivity index (χ2v) is 11.6. The Balaban J connectivity index is 1.42. The van der Waals surface area contributed by atoms with E-state index >= 15 is 4.39 Å². The topological polar surface area (TPSA) is 95.9 Å². The van der Waals surface area contributed by atoms with Crippen molar-refractivity contribution in [1.82, 2.24) is 4.90 Å². The molecule has 2 N–H and O–H groups in total. The number of rotatable bonds is 7. The molecule has 1 saturated carbocycles. The first-order valence-electron chi connectivity index (χ1n) is 13.3. The highest BCUT2D eigenvalue weighted by Gasteiger charge is 2.43. The fraction of sp³-hybridized carbons (Fsp3) is 0.500. The van der Waals surface area contributed by atoms with Crippen LogP contribution in [0, 0.1) is 17.7 Å². The van der Waals surface area contributed by atoms with Crippen LogP contribution in [0.25, 0.3) is 0 Å². The minimum Gasteiger partial charge on any atom is -0.481 e. The molecule has 1 atom stereocenters. The SMILES string of the molecule is COCc1ccc2c(c1)CCN(C(=O)C1CC(CC(=O)O)C1)C2C(=O)Nc1cc(F)c2c(c1)CCC2(C)C. The van der Waals surface area contributed by atoms with E-state index in [-0.39, 0.29) is 41.3 Å². The Morgan fingerprint density at radius 3 is 2.61 bits per heavy atom. The number of aliphatic carboxylic acids is 1. The number of methoxy groups -OCH3 is 1. The van der Waals surface area contributed by atoms with E-state index in [9.17, 15) is 14.4 Å². The summed E-state index contributed by atoms with van der Waals surface area (Å²) in [5, 5.41) is 12.0. The summed E-state index contributed by atoms with van der Waals surface area (Å²) in [5.74, 6) is -1.98. The summed E-state index contributed by atoms with van der Waals surface area (Å²) in [6.45, 7) is 4.89. The summed E-state index contributed by atoms with van der Waals surface area (Å²) in [6, 6.07) is 8.18. The molecule has 202 valence electrons. The molecule has 3 aliphatic rings. The molecule has 0 saturated heterocycles. The van der Waals surface area contributed by atoms with Crippen molar-refractivity contribution >= 4 is 23.5 Å². The van der Waals surface area contributed by atoms with E-state index in [1.54, 1.807) is 12.0 Å². The van der Waals surface area contributed by atoms with Gasteiger partial charge in [-0.15, -0.1) is 0 Å². The molecule has 1 aliphatic heterocycles. The van der Waals surface area contributed by atoms with E-state index in [2.05, 4.69) is 5.32 Å². The minimum atomic E-state index is -0.859. The van der Waals surface area contributed by atoms with Gasteiger partial charge in [-0.25, -0.2) is 4.39 Å². The quantitative estimate of drug-likeness (QED) is 0.547. The molecule has 2 aliphatic carbocycles. The van der Waals surface area contributed by atoms with Gasteiger partial charge in [0.15, 0.2) is 0 Å². The van der Waals surface area contributed by atoms with Gasteiger partial charge in [-0.1, -0.05) is 32.0 Å². The first-order valence-corrected chi connectivity index (χ1v) is 13.3. The molecular formula is C30H35FN2O5. The van der Waals surface area contributed by atoms with Crippen molar-refractivity contribution in [3.8, 4) is 0 Å². The highest BCUT2D eigenvalue weighted by molar-refractivity contribution is 5.99. The van der Waals surface area contributed by atoms with Crippen molar-refractivity contribution in [2.45, 2.75) is 70.4 Å². The van der Waals surface area contributed by atoms with Crippen LogP contribution in [0.2, 0.25) is 0 Å². The number of ether oxygens (including phenoxy) is 1. The molecule has 2 amide bonds. The van der Waals surface area contributed by atoms with Crippen LogP contribution in [-0.4, -0.2) is 41.4 Å². The number of anilines is 1. The second kappa shape index (κ2) is 10.1. The fourth-order valence-corrected chi connectivity index (χ4v) is 6.52. The van der Waals surface area contributed by atoms with Crippen LogP contribution in [0.5, 0.6) is 0 Å². The molecule has 2 aromatic rings. The van der Waals surface area contributed by atoms with Gasteiger partial charge in [0, 0.05) is 31.7 Å². The van der Waals surface area contributed by atoms with Crippen LogP contribution in [0.4, 0.5) is 10.1 Å². The van der Waals surface area contributed by atoms with Crippen LogP contribution in [0.15, 0.2) is 30.3 Å². The number of carbonyl (C=O) groups excluding carboxylic acids is 2. The number of carbonyl (C=O) groups is 3. The maximum absolute atomic E-state index is 15.1. The fourth-order valence-electron chi connectivity index (χ4n) is 6.52. The van der Waals surface area contributed by atoms with Crippen LogP contribution in [0.1, 0.15) is 73.4 Å². The standard InChI is InChI=1S/C30H35FN2O5/c1-30(2)8-6-20-14-22(15-24(31)26(20)30)32-28(36)27-23-5-4-17(16-38-3)10-19(23)7-9-33(27)29(37)21-11-18(12-21)13-25(34)35/h4-5,10,14-15,18,21,27H,6-9,11-13,16H2,1-3H3,(H,32,36)(H,34,35). The molecule has 2 aromatic carbocycles. The van der Waals surface area contributed by atoms with E-state index < -0.39 is 12.0 Å². The number of nitrogens with zero attached hydrogens (tertiary/aromatic N) is 1. The third-order valence-corrected chi connectivity index (χ3v) is 8.46. The maximum atomic E-state index is 15.1. The van der Waals surface area contributed by atoms with Crippen molar-refractivity contribution in [2.75, 3.05) is 19.0 Å². The zero-order chi connectivity index (χ0) is 27.2. The number of halogens is 1. The molecule has 7 nitrogen and oxygen atoms in total. The van der Waals surface area contributed by atoms with Gasteiger partial charge < -0.3 is 20.1 Å². The third kappa shape index (κ3) is 4.94. The number of nitrogens with one attached hydrogen (secondary N) is 1. The molecule has 0 spiro atoms. The Morgan fingerprint density at radius 1 is 1.13 bits per heavy atom. The molecule has 0 aromatic heterocycles. The number of carboxylic acids is 1. The van der Waals surface area contributed by atoms with Gasteiger partial charge in [0.2, 0.25) is 5.91 Å². The minimum absolute atomic E-state index is 0.0129. The van der Waals surface area contributed by atoms with Crippen molar-refractivity contribution in [3.63, 3.8) is 0 Å². The van der Waals surface area contributed by atoms with Gasteiger partial charge in [0.25, 0.3) is 5.91 Å². The largest absolute Gasteiger partial charge is 0.481 e. The summed E-state index contributed by atoms with van der Waals surface area (Å²) in [5.41, 5.74) is 4.50. The molecule has 0 bridgehead atoms. The predicted octanol–water partition coefficient (Wildman–Crippen LogP) is 4.76. The summed E-state index contributed by atoms with van der Waals surface area (Å²) in [4.78, 5) is 40.0. The predicted molar refractivity (Wildman–Crippen MR) is 140 cm³/mol. The second-order valence-electron chi connectivity index (χ2n) is 11.6. The Morgan fingerprint density at radius 2 is 1.89 bits per heavy atom. The lowest BCUT2D eigenvalue weighted by Gasteiger charge is -2.42. The Bertz CT molecular complexity index is 1280. The van der Waals surface area contributed by atoms with Crippen molar-refractivity contribution in [3.05, 3.63) is 64.0 Å². The highest BCUT2D eigenvalue weighted by Crippen LogP contribution is 2.43. The molecule has 1 fully saturated rings. The normalized spacial score (nSPS) is 23.3. The first-order chi connectivity index (χ1) is 18.1. The molecule has 5 rings (SSSR count). The monoisotopic (exact) mass is 522 g/mol. The van der Waals surface area contributed by atoms with E-state index in [1.165, 1.54) is 6.07 Å². The molecule has 1 unspecified atom stereocenters. The average Bonchev–Trinajstić information content (AvgIpc) is 3.14. The number of aryl methyl sites for hydroxylation is 1. The highest BCUT2D eigenvalue weighted by atomic mass is 19.1. The smallest absolute Gasteiger partial charge is 0.303 e. The van der Waals surface area contributed by atoms with Gasteiger partial charge in [-0.05, 0) is 83.4 Å². The zero-order valence-corrected chi connectivity index (χ0v) is 22.2. The number of hydrogen-bond donors (Lipinski definition) is 2. The van der Waals surface area contributed by atoms with Gasteiger partial charge in [0.1, 0.15) is 11.9 Å². The number of hydrogen-bond acceptors (Lipinski definition) is 4. The van der Waals surface area contributed by atoms with Gasteiger partial charge in [0.05, 0.1) is 6.61 Å². The first kappa shape index (κ1) is 26.4. The van der Waals surface area contributed by atoms with Crippen LogP contribution >= 0.6 is 0 Å². The Hall–Kier alpha value is -3.26. The number of amides is 2. The summed E-state index contributed by atoms with van der Waals surface area (Å²) in [6.07, 6.45) is 3.29. The number of fused-ring (bicyclic) bond motifs is 2. The Kier molecular flexibility index (Phi) is 7.03. The lowest BCUT2D eigenvalue weighted by Crippen LogP contribution is -2.50. The molecule has 8 heteroatoms. The molecule has 38 heavy (non-hydrogen) atoms. The van der Waals surface area contributed by atoms with Crippen molar-refractivity contribution in [2.24, 2.45) is 11.8 Å². The zero-order valence-electron chi connectivity index (χ0n) is 22.2. The number of carboxylic acid groups (broad SMARTS) is 1. The van der Waals surface area contributed by atoms with E-state index in [1.807, 2.05) is 38.1 Å². The van der Waals surface area contributed by atoms with Crippen molar-refractivity contribution in [1.29, 1.82) is 0 Å². The average molecular weight is 523 g/mol. The summed E-state index contributed by atoms with van der Waals surface area (Å²) in [7, 11) is 1.63. The van der Waals surface area contributed by atoms with E-state index in [4.69, 9.17) is 9.84 Å². The summed E-state index contributed by atoms with van der Waals surface area (Å²) >= 11 is 0. The van der Waals surface area contributed by atoms with Crippen LogP contribution < -0.4 is 5.32 Å². The Labute approximate surface area is 222 Å². The summed E-state index contributed by atoms with van der Waals surface area (Å²) < 4.78 is 20.4. The van der Waals surface area contributed by atoms with Gasteiger partial charge in [-0.2, -0.15) is 0 Å². The van der Waals surface area contributed by atoms with Gasteiger partial charge in [-0.3, -0.25) is 14.4 Å².